The molecule has 3 nitrogen and oxygen atoms in total. The standard InChI is InChI=1S/C19H16NOSi.C12H10N.Ir/c1-22(2)18-12-4-3-8-14(18)15-9-7-10-16(19(15)21-22)17-11-5-6-13-20-17;1-10-7-8-12(13-9-10)11-5-3-2-4-6-11;/h3-9,11-13H,1-2H3;2-5,7-9H,1H3;/q2*-1;. The minimum Gasteiger partial charge on any atom is -0.583 e. The Morgan fingerprint density at radius 1 is 0.722 bits per heavy atom. The number of nitrogens with zero attached hydrogens (tertiary/aromatic N) is 2. The van der Waals surface area contributed by atoms with Gasteiger partial charge in [0.05, 0.1) is 0 Å². The summed E-state index contributed by atoms with van der Waals surface area (Å²) in [6, 6.07) is 36.9. The molecule has 5 aromatic rings. The van der Waals surface area contributed by atoms with Crippen molar-refractivity contribution in [1.29, 1.82) is 0 Å². The number of hydrogen-bond acceptors (Lipinski definition) is 3. The molecule has 2 aromatic heterocycles. The maximum atomic E-state index is 6.50. The summed E-state index contributed by atoms with van der Waals surface area (Å²) >= 11 is 0. The van der Waals surface area contributed by atoms with E-state index in [-0.39, 0.29) is 20.1 Å². The second-order valence-corrected chi connectivity index (χ2v) is 12.7. The van der Waals surface area contributed by atoms with Crippen LogP contribution in [0.2, 0.25) is 13.1 Å². The molecule has 6 rings (SSSR count). The van der Waals surface area contributed by atoms with E-state index in [0.29, 0.717) is 0 Å². The van der Waals surface area contributed by atoms with E-state index >= 15 is 0 Å². The molecule has 1 aliphatic heterocycles. The van der Waals surface area contributed by atoms with Gasteiger partial charge in [-0.05, 0) is 53.8 Å². The molecule has 0 aliphatic carbocycles. The van der Waals surface area contributed by atoms with Gasteiger partial charge in [-0.25, -0.2) is 0 Å². The quantitative estimate of drug-likeness (QED) is 0.153. The van der Waals surface area contributed by atoms with E-state index in [9.17, 15) is 0 Å². The van der Waals surface area contributed by atoms with Crippen LogP contribution in [0.3, 0.4) is 0 Å². The molecule has 3 aromatic carbocycles. The molecule has 0 bridgehead atoms. The van der Waals surface area contributed by atoms with Gasteiger partial charge in [-0.15, -0.1) is 54.1 Å². The van der Waals surface area contributed by atoms with Gasteiger partial charge in [0.1, 0.15) is 0 Å². The van der Waals surface area contributed by atoms with Gasteiger partial charge in [0.2, 0.25) is 0 Å². The van der Waals surface area contributed by atoms with Crippen LogP contribution in [-0.4, -0.2) is 18.3 Å². The van der Waals surface area contributed by atoms with Gasteiger partial charge < -0.3 is 14.4 Å². The summed E-state index contributed by atoms with van der Waals surface area (Å²) in [5, 5.41) is 1.35. The van der Waals surface area contributed by atoms with Crippen LogP contribution >= 0.6 is 0 Å². The Balaban J connectivity index is 0.000000187. The van der Waals surface area contributed by atoms with Gasteiger partial charge in [-0.3, -0.25) is 0 Å². The third-order valence-electron chi connectivity index (χ3n) is 5.99. The van der Waals surface area contributed by atoms with Crippen molar-refractivity contribution in [3.63, 3.8) is 0 Å². The minimum atomic E-state index is -1.97. The average Bonchev–Trinajstić information content (AvgIpc) is 2.90. The van der Waals surface area contributed by atoms with Crippen molar-refractivity contribution < 1.29 is 24.5 Å². The van der Waals surface area contributed by atoms with Crippen LogP contribution in [-0.2, 0) is 20.1 Å². The molecule has 0 atom stereocenters. The van der Waals surface area contributed by atoms with E-state index in [4.69, 9.17) is 4.43 Å². The van der Waals surface area contributed by atoms with Crippen molar-refractivity contribution in [3.05, 3.63) is 121 Å². The summed E-state index contributed by atoms with van der Waals surface area (Å²) in [7, 11) is -1.97. The second-order valence-electron chi connectivity index (χ2n) is 8.97. The summed E-state index contributed by atoms with van der Waals surface area (Å²) < 4.78 is 6.50. The molecule has 5 heteroatoms. The maximum absolute atomic E-state index is 6.50. The zero-order valence-electron chi connectivity index (χ0n) is 20.5. The van der Waals surface area contributed by atoms with Crippen LogP contribution in [0.1, 0.15) is 5.56 Å². The van der Waals surface area contributed by atoms with Gasteiger partial charge >= 0.3 is 0 Å². The third kappa shape index (κ3) is 5.39. The SMILES string of the molecule is C[Si]1(C)Oc2c(-c3ccccn3)[c-]ccc2-c2ccccc21.Cc1ccc(-c2[c-]cccc2)nc1.[Ir]. The largest absolute Gasteiger partial charge is 0.583 e. The number of hydrogen-bond donors (Lipinski definition) is 0. The van der Waals surface area contributed by atoms with Crippen LogP contribution < -0.4 is 9.61 Å². The number of aryl methyl sites for hydroxylation is 1. The topological polar surface area (TPSA) is 35.0 Å². The Morgan fingerprint density at radius 2 is 1.53 bits per heavy atom. The van der Waals surface area contributed by atoms with Crippen LogP contribution in [0.4, 0.5) is 0 Å². The Morgan fingerprint density at radius 3 is 2.25 bits per heavy atom. The summed E-state index contributed by atoms with van der Waals surface area (Å²) in [5.74, 6) is 0.927. The molecule has 36 heavy (non-hydrogen) atoms. The smallest absolute Gasteiger partial charge is 0.264 e. The fourth-order valence-electron chi connectivity index (χ4n) is 4.24. The van der Waals surface area contributed by atoms with Crippen molar-refractivity contribution in [2.24, 2.45) is 0 Å². The van der Waals surface area contributed by atoms with Gasteiger partial charge in [0, 0.05) is 38.2 Å². The van der Waals surface area contributed by atoms with Crippen LogP contribution in [0.15, 0.2) is 103 Å². The van der Waals surface area contributed by atoms with Crippen molar-refractivity contribution in [2.45, 2.75) is 20.0 Å². The van der Waals surface area contributed by atoms with Crippen molar-refractivity contribution >= 4 is 13.5 Å². The average molecular weight is 663 g/mol. The fraction of sp³-hybridized carbons (Fsp3) is 0.0968. The van der Waals surface area contributed by atoms with E-state index < -0.39 is 8.32 Å². The molecule has 1 radical (unpaired) electrons. The van der Waals surface area contributed by atoms with Crippen molar-refractivity contribution in [1.82, 2.24) is 9.97 Å². The van der Waals surface area contributed by atoms with Crippen molar-refractivity contribution in [2.75, 3.05) is 0 Å². The first-order chi connectivity index (χ1) is 17.0. The number of aromatic nitrogens is 2. The number of benzene rings is 3. The molecule has 0 amide bonds. The Hall–Kier alpha value is -3.37. The van der Waals surface area contributed by atoms with E-state index in [1.807, 2.05) is 73.9 Å². The summed E-state index contributed by atoms with van der Waals surface area (Å²) in [6.45, 7) is 6.51. The molecule has 181 valence electrons. The van der Waals surface area contributed by atoms with Crippen LogP contribution in [0.25, 0.3) is 33.6 Å². The van der Waals surface area contributed by atoms with Gasteiger partial charge in [-0.2, -0.15) is 0 Å². The van der Waals surface area contributed by atoms with E-state index in [1.165, 1.54) is 16.3 Å². The second kappa shape index (κ2) is 11.1. The zero-order chi connectivity index (χ0) is 24.3. The van der Waals surface area contributed by atoms with Gasteiger partial charge in [0.25, 0.3) is 8.32 Å². The molecular formula is C31H26IrN2OSi-2. The Labute approximate surface area is 227 Å². The monoisotopic (exact) mass is 663 g/mol. The third-order valence-corrected chi connectivity index (χ3v) is 8.44. The fourth-order valence-corrected chi connectivity index (χ4v) is 6.43. The Kier molecular flexibility index (Phi) is 7.95. The predicted octanol–water partition coefficient (Wildman–Crippen LogP) is 6.88. The first-order valence-electron chi connectivity index (χ1n) is 11.7. The molecule has 3 heterocycles. The zero-order valence-corrected chi connectivity index (χ0v) is 23.8. The normalized spacial score (nSPS) is 12.5. The Bertz CT molecular complexity index is 1420. The molecule has 0 fully saturated rings. The predicted molar refractivity (Wildman–Crippen MR) is 145 cm³/mol. The van der Waals surface area contributed by atoms with Crippen molar-refractivity contribution in [3.8, 4) is 39.4 Å². The number of fused-ring (bicyclic) bond motifs is 3. The first-order valence-corrected chi connectivity index (χ1v) is 14.6. The molecule has 0 saturated heterocycles. The van der Waals surface area contributed by atoms with Crippen LogP contribution in [0, 0.1) is 19.1 Å². The summed E-state index contributed by atoms with van der Waals surface area (Å²) in [6.07, 6.45) is 3.68. The number of rotatable bonds is 2. The maximum Gasteiger partial charge on any atom is 0.264 e. The van der Waals surface area contributed by atoms with Crippen LogP contribution in [0.5, 0.6) is 5.75 Å². The summed E-state index contributed by atoms with van der Waals surface area (Å²) in [4.78, 5) is 8.78. The number of pyridine rings is 2. The first kappa shape index (κ1) is 25.7. The summed E-state index contributed by atoms with van der Waals surface area (Å²) in [5.41, 5.74) is 7.48. The van der Waals surface area contributed by atoms with Gasteiger partial charge in [-0.1, -0.05) is 59.7 Å². The molecule has 1 aliphatic rings. The van der Waals surface area contributed by atoms with E-state index in [1.54, 1.807) is 0 Å². The molecular weight excluding hydrogens is 637 g/mol. The minimum absolute atomic E-state index is 0. The van der Waals surface area contributed by atoms with E-state index in [2.05, 4.69) is 71.6 Å². The molecule has 0 unspecified atom stereocenters. The van der Waals surface area contributed by atoms with E-state index in [0.717, 1.165) is 33.8 Å². The van der Waals surface area contributed by atoms with Gasteiger partial charge in [0.15, 0.2) is 0 Å². The molecule has 0 spiro atoms. The molecule has 0 saturated carbocycles. The molecule has 0 N–H and O–H groups in total.